The molecule has 1 N–H and O–H groups in total. The first kappa shape index (κ1) is 51.3. The van der Waals surface area contributed by atoms with Crippen LogP contribution in [0.4, 0.5) is 0 Å². The number of hydrogen-bond acceptors (Lipinski definition) is 10. The fraction of sp³-hybridized carbons (Fsp3) is 0.333. The third-order valence-electron chi connectivity index (χ3n) is 13.3. The number of rotatable bonds is 10. The zero-order chi connectivity index (χ0) is 49.6. The summed E-state index contributed by atoms with van der Waals surface area (Å²) < 4.78 is 9.63. The van der Waals surface area contributed by atoms with Gasteiger partial charge in [0.05, 0.1) is 31.9 Å². The Kier molecular flexibility index (Phi) is 18.2. The first-order valence-corrected chi connectivity index (χ1v) is 24.4. The van der Waals surface area contributed by atoms with Crippen molar-refractivity contribution < 1.29 is 33.8 Å². The van der Waals surface area contributed by atoms with Crippen LogP contribution in [0.15, 0.2) is 127 Å². The Morgan fingerprint density at radius 1 is 0.471 bits per heavy atom. The van der Waals surface area contributed by atoms with Crippen molar-refractivity contribution in [1.82, 2.24) is 14.7 Å². The molecule has 0 aromatic heterocycles. The molecule has 0 saturated carbocycles. The van der Waals surface area contributed by atoms with Gasteiger partial charge in [0.2, 0.25) is 0 Å². The summed E-state index contributed by atoms with van der Waals surface area (Å²) in [5, 5.41) is 9.06. The minimum atomic E-state index is -0.425. The number of methoxy groups -OCH3 is 2. The summed E-state index contributed by atoms with van der Waals surface area (Å²) in [6, 6.07) is 43.0. The number of carbonyl (C=O) groups excluding carboxylic acids is 4. The normalized spacial score (nSPS) is 14.9. The molecule has 0 amide bonds. The van der Waals surface area contributed by atoms with E-state index in [1.807, 2.05) is 42.5 Å². The molecule has 0 spiro atoms. The molecule has 0 aliphatic carbocycles. The van der Waals surface area contributed by atoms with Crippen molar-refractivity contribution in [1.29, 1.82) is 0 Å². The predicted octanol–water partition coefficient (Wildman–Crippen LogP) is 9.76. The molecule has 0 saturated heterocycles. The van der Waals surface area contributed by atoms with Crippen LogP contribution >= 0.6 is 0 Å². The summed E-state index contributed by atoms with van der Waals surface area (Å²) >= 11 is 0. The van der Waals surface area contributed by atoms with Crippen LogP contribution in [-0.2, 0) is 72.8 Å². The average molecular weight is 942 g/mol. The second-order valence-electron chi connectivity index (χ2n) is 19.0. The molecule has 3 aliphatic heterocycles. The van der Waals surface area contributed by atoms with Gasteiger partial charge in [-0.25, -0.2) is 9.59 Å². The van der Waals surface area contributed by atoms with Gasteiger partial charge in [-0.3, -0.25) is 24.3 Å². The van der Waals surface area contributed by atoms with Crippen molar-refractivity contribution in [2.45, 2.75) is 92.1 Å². The van der Waals surface area contributed by atoms with Crippen LogP contribution in [0, 0.1) is 20.8 Å². The quantitative estimate of drug-likeness (QED) is 0.105. The van der Waals surface area contributed by atoms with E-state index in [4.69, 9.17) is 14.6 Å². The lowest BCUT2D eigenvalue weighted by Gasteiger charge is -2.21. The molecule has 3 heterocycles. The molecular weight excluding hydrogens is 875 g/mol. The number of ether oxygens (including phenoxy) is 2. The van der Waals surface area contributed by atoms with E-state index in [9.17, 15) is 19.2 Å². The second kappa shape index (κ2) is 24.8. The van der Waals surface area contributed by atoms with Crippen molar-refractivity contribution in [3.05, 3.63) is 211 Å². The largest absolute Gasteiger partial charge is 0.465 e. The monoisotopic (exact) mass is 941 g/mol. The minimum absolute atomic E-state index is 0.201. The number of Topliss-reactive ketones (excluding diaryl/α,β-unsaturated/α-hetero) is 2. The minimum Gasteiger partial charge on any atom is -0.465 e. The van der Waals surface area contributed by atoms with Crippen molar-refractivity contribution in [3.8, 4) is 0 Å². The topological polar surface area (TPSA) is 117 Å². The van der Waals surface area contributed by atoms with E-state index in [2.05, 4.69) is 114 Å². The molecule has 0 radical (unpaired) electrons. The van der Waals surface area contributed by atoms with Gasteiger partial charge in [0.15, 0.2) is 11.6 Å². The maximum atomic E-state index is 12.2. The van der Waals surface area contributed by atoms with Crippen LogP contribution in [0.5, 0.6) is 0 Å². The Labute approximate surface area is 413 Å². The molecule has 6 aromatic carbocycles. The van der Waals surface area contributed by atoms with Gasteiger partial charge >= 0.3 is 11.9 Å². The average Bonchev–Trinajstić information content (AvgIpc) is 3.78. The van der Waals surface area contributed by atoms with Gasteiger partial charge in [-0.1, -0.05) is 114 Å². The molecule has 6 aromatic rings. The Morgan fingerprint density at radius 3 is 1.27 bits per heavy atom. The smallest absolute Gasteiger partial charge is 0.337 e. The third kappa shape index (κ3) is 14.5. The van der Waals surface area contributed by atoms with Gasteiger partial charge in [0, 0.05) is 51.3 Å². The SMILES string of the molecule is COC(=O)c1ccc2c(c1)CN(Cc1ccc(C)cc1)CC(=O)C2.COC(=O)c1ccc2c(c1)CN(Cc1ccc(C)cc1)CCC2.Cc1ccc(CN2CCCc3ccc(C(=O)CO)cc3C2)cc1. The van der Waals surface area contributed by atoms with Crippen molar-refractivity contribution in [3.63, 3.8) is 0 Å². The zero-order valence-electron chi connectivity index (χ0n) is 41.5. The first-order chi connectivity index (χ1) is 33.9. The Bertz CT molecular complexity index is 2630. The first-order valence-electron chi connectivity index (χ1n) is 24.4. The number of aryl methyl sites for hydroxylation is 5. The predicted molar refractivity (Wildman–Crippen MR) is 275 cm³/mol. The lowest BCUT2D eigenvalue weighted by molar-refractivity contribution is -0.119. The fourth-order valence-corrected chi connectivity index (χ4v) is 9.41. The lowest BCUT2D eigenvalue weighted by atomic mass is 9.99. The number of esters is 2. The third-order valence-corrected chi connectivity index (χ3v) is 13.3. The van der Waals surface area contributed by atoms with Gasteiger partial charge in [-0.05, 0) is 140 Å². The number of aliphatic hydroxyl groups is 1. The maximum absolute atomic E-state index is 12.2. The van der Waals surface area contributed by atoms with Crippen LogP contribution in [0.1, 0.15) is 111 Å². The standard InChI is InChI=1S/C20H21NO3.2C20H23NO2/c1-14-3-5-15(6-4-14)11-21-12-18-9-17(20(23)24-2)8-7-16(18)10-19(22)13-21;1-15-5-7-16(8-6-15)13-21-11-3-4-17-9-10-18(20(22)23-2)12-19(17)14-21;1-15-4-6-16(7-5-15)12-21-10-2-3-17-8-9-18(20(23)14-22)11-19(17)13-21/h3-9H,10-13H2,1-2H3;5-10,12H,3-4,11,13-14H2,1-2H3;4-9,11,22H,2-3,10,12-14H2,1H3. The zero-order valence-corrected chi connectivity index (χ0v) is 41.5. The summed E-state index contributed by atoms with van der Waals surface area (Å²) in [5.41, 5.74) is 16.6. The number of aliphatic hydroxyl groups excluding tert-OH is 1. The van der Waals surface area contributed by atoms with Crippen LogP contribution in [0.25, 0.3) is 0 Å². The maximum Gasteiger partial charge on any atom is 0.337 e. The molecule has 0 atom stereocenters. The summed E-state index contributed by atoms with van der Waals surface area (Å²) in [6.45, 7) is 13.4. The van der Waals surface area contributed by atoms with Gasteiger partial charge in [-0.15, -0.1) is 0 Å². The van der Waals surface area contributed by atoms with Gasteiger partial charge in [0.25, 0.3) is 0 Å². The molecular formula is C60H67N3O7. The fourth-order valence-electron chi connectivity index (χ4n) is 9.41. The van der Waals surface area contributed by atoms with Crippen molar-refractivity contribution in [2.75, 3.05) is 40.5 Å². The van der Waals surface area contributed by atoms with E-state index in [0.717, 1.165) is 76.1 Å². The Balaban J connectivity index is 0.000000155. The number of hydrogen-bond donors (Lipinski definition) is 1. The van der Waals surface area contributed by atoms with E-state index < -0.39 is 6.61 Å². The van der Waals surface area contributed by atoms with Crippen LogP contribution in [0.2, 0.25) is 0 Å². The van der Waals surface area contributed by atoms with Crippen molar-refractivity contribution in [2.24, 2.45) is 0 Å². The molecule has 70 heavy (non-hydrogen) atoms. The Morgan fingerprint density at radius 2 is 0.843 bits per heavy atom. The molecule has 3 aliphatic rings. The lowest BCUT2D eigenvalue weighted by Crippen LogP contribution is -2.27. The molecule has 9 rings (SSSR count). The summed E-state index contributed by atoms with van der Waals surface area (Å²) in [6.07, 6.45) is 4.82. The molecule has 10 heteroatoms. The van der Waals surface area contributed by atoms with E-state index in [0.29, 0.717) is 42.7 Å². The highest BCUT2D eigenvalue weighted by Crippen LogP contribution is 2.25. The van der Waals surface area contributed by atoms with Gasteiger partial charge in [0.1, 0.15) is 6.61 Å². The molecule has 0 unspecified atom stereocenters. The van der Waals surface area contributed by atoms with Gasteiger partial charge in [-0.2, -0.15) is 0 Å². The molecule has 364 valence electrons. The summed E-state index contributed by atoms with van der Waals surface area (Å²) in [7, 11) is 2.80. The van der Waals surface area contributed by atoms with Gasteiger partial charge < -0.3 is 14.6 Å². The van der Waals surface area contributed by atoms with Crippen LogP contribution < -0.4 is 0 Å². The molecule has 0 fully saturated rings. The van der Waals surface area contributed by atoms with E-state index in [1.54, 1.807) is 6.07 Å². The number of nitrogens with zero attached hydrogens (tertiary/aromatic N) is 3. The number of carbonyl (C=O) groups is 4. The number of fused-ring (bicyclic) bond motifs is 3. The molecule has 0 bridgehead atoms. The highest BCUT2D eigenvalue weighted by Gasteiger charge is 2.22. The number of ketones is 2. The number of benzene rings is 6. The molecule has 10 nitrogen and oxygen atoms in total. The highest BCUT2D eigenvalue weighted by molar-refractivity contribution is 5.97. The van der Waals surface area contributed by atoms with E-state index in [-0.39, 0.29) is 23.5 Å². The van der Waals surface area contributed by atoms with Crippen LogP contribution in [0.3, 0.4) is 0 Å². The van der Waals surface area contributed by atoms with Crippen LogP contribution in [-0.4, -0.2) is 83.8 Å². The van der Waals surface area contributed by atoms with E-state index in [1.165, 1.54) is 69.9 Å². The summed E-state index contributed by atoms with van der Waals surface area (Å²) in [4.78, 5) is 54.5. The van der Waals surface area contributed by atoms with E-state index >= 15 is 0 Å². The Hall–Kier alpha value is -6.56. The summed E-state index contributed by atoms with van der Waals surface area (Å²) in [5.74, 6) is -0.616. The van der Waals surface area contributed by atoms with Crippen molar-refractivity contribution >= 4 is 23.5 Å². The highest BCUT2D eigenvalue weighted by atomic mass is 16.5. The second-order valence-corrected chi connectivity index (χ2v) is 19.0.